The molecular weight excluding hydrogens is 170 g/mol. The number of Topliss-reactive ketones (excluding diaryl/α,β-unsaturated/α-hetero) is 1. The van der Waals surface area contributed by atoms with Crippen molar-refractivity contribution in [3.63, 3.8) is 0 Å². The fourth-order valence-corrected chi connectivity index (χ4v) is 0.908. The molecule has 1 unspecified atom stereocenters. The molecule has 0 aliphatic carbocycles. The molecule has 74 valence electrons. The van der Waals surface area contributed by atoms with Gasteiger partial charge in [-0.3, -0.25) is 9.59 Å². The van der Waals surface area contributed by atoms with Gasteiger partial charge in [-0.1, -0.05) is 6.92 Å². The SMILES string of the molecule is CCC(=O)NC(CCC=O)C(C)=O. The Kier molecular flexibility index (Phi) is 5.76. The molecule has 0 aliphatic rings. The van der Waals surface area contributed by atoms with Gasteiger partial charge in [0.05, 0.1) is 6.04 Å². The maximum atomic E-state index is 11.0. The largest absolute Gasteiger partial charge is 0.346 e. The van der Waals surface area contributed by atoms with Crippen LogP contribution in [0.5, 0.6) is 0 Å². The van der Waals surface area contributed by atoms with Gasteiger partial charge in [0, 0.05) is 12.8 Å². The summed E-state index contributed by atoms with van der Waals surface area (Å²) in [5.41, 5.74) is 0. The van der Waals surface area contributed by atoms with E-state index in [-0.39, 0.29) is 11.7 Å². The van der Waals surface area contributed by atoms with E-state index >= 15 is 0 Å². The molecule has 1 atom stereocenters. The average molecular weight is 185 g/mol. The lowest BCUT2D eigenvalue weighted by atomic mass is 10.1. The summed E-state index contributed by atoms with van der Waals surface area (Å²) in [5, 5.41) is 2.55. The third-order valence-corrected chi connectivity index (χ3v) is 1.72. The fourth-order valence-electron chi connectivity index (χ4n) is 0.908. The van der Waals surface area contributed by atoms with Gasteiger partial charge in [0.2, 0.25) is 5.91 Å². The van der Waals surface area contributed by atoms with Crippen LogP contribution in [0.4, 0.5) is 0 Å². The van der Waals surface area contributed by atoms with Gasteiger partial charge in [-0.2, -0.15) is 0 Å². The lowest BCUT2D eigenvalue weighted by Crippen LogP contribution is -2.39. The second-order valence-corrected chi connectivity index (χ2v) is 2.83. The summed E-state index contributed by atoms with van der Waals surface area (Å²) in [7, 11) is 0. The molecule has 0 bridgehead atoms. The van der Waals surface area contributed by atoms with E-state index in [4.69, 9.17) is 0 Å². The number of hydrogen-bond acceptors (Lipinski definition) is 3. The Morgan fingerprint density at radius 1 is 1.46 bits per heavy atom. The summed E-state index contributed by atoms with van der Waals surface area (Å²) < 4.78 is 0. The van der Waals surface area contributed by atoms with E-state index in [1.54, 1.807) is 6.92 Å². The van der Waals surface area contributed by atoms with Crippen molar-refractivity contribution in [1.29, 1.82) is 0 Å². The van der Waals surface area contributed by atoms with Crippen molar-refractivity contribution < 1.29 is 14.4 Å². The van der Waals surface area contributed by atoms with E-state index < -0.39 is 6.04 Å². The minimum absolute atomic E-state index is 0.108. The van der Waals surface area contributed by atoms with Crippen LogP contribution in [0, 0.1) is 0 Å². The highest BCUT2D eigenvalue weighted by atomic mass is 16.2. The molecule has 0 saturated heterocycles. The normalized spacial score (nSPS) is 11.8. The first-order valence-electron chi connectivity index (χ1n) is 4.35. The number of ketones is 1. The van der Waals surface area contributed by atoms with E-state index in [9.17, 15) is 14.4 Å². The first-order valence-corrected chi connectivity index (χ1v) is 4.35. The van der Waals surface area contributed by atoms with E-state index in [0.717, 1.165) is 6.29 Å². The van der Waals surface area contributed by atoms with Gasteiger partial charge in [0.25, 0.3) is 0 Å². The highest BCUT2D eigenvalue weighted by Crippen LogP contribution is 1.97. The average Bonchev–Trinajstić information content (AvgIpc) is 2.11. The van der Waals surface area contributed by atoms with Crippen LogP contribution in [0.2, 0.25) is 0 Å². The van der Waals surface area contributed by atoms with E-state index in [1.165, 1.54) is 6.92 Å². The molecule has 1 N–H and O–H groups in total. The third kappa shape index (κ3) is 5.11. The zero-order chi connectivity index (χ0) is 10.3. The lowest BCUT2D eigenvalue weighted by Gasteiger charge is -2.13. The van der Waals surface area contributed by atoms with Crippen molar-refractivity contribution in [2.24, 2.45) is 0 Å². The van der Waals surface area contributed by atoms with Crippen molar-refractivity contribution in [1.82, 2.24) is 5.32 Å². The first kappa shape index (κ1) is 11.8. The second-order valence-electron chi connectivity index (χ2n) is 2.83. The number of nitrogens with one attached hydrogen (secondary N) is 1. The van der Waals surface area contributed by atoms with Gasteiger partial charge in [-0.15, -0.1) is 0 Å². The Labute approximate surface area is 77.7 Å². The molecule has 0 fully saturated rings. The minimum atomic E-state index is -0.502. The minimum Gasteiger partial charge on any atom is -0.346 e. The van der Waals surface area contributed by atoms with Gasteiger partial charge >= 0.3 is 0 Å². The highest BCUT2D eigenvalue weighted by molar-refractivity contribution is 5.87. The summed E-state index contributed by atoms with van der Waals surface area (Å²) in [6, 6.07) is -0.502. The van der Waals surface area contributed by atoms with Gasteiger partial charge in [-0.25, -0.2) is 0 Å². The molecule has 1 amide bonds. The molecule has 0 saturated carbocycles. The Morgan fingerprint density at radius 3 is 2.46 bits per heavy atom. The number of rotatable bonds is 6. The molecule has 13 heavy (non-hydrogen) atoms. The van der Waals surface area contributed by atoms with Crippen molar-refractivity contribution in [3.05, 3.63) is 0 Å². The number of carbonyl (C=O) groups excluding carboxylic acids is 3. The molecule has 0 aromatic carbocycles. The Morgan fingerprint density at radius 2 is 2.08 bits per heavy atom. The zero-order valence-corrected chi connectivity index (χ0v) is 8.00. The van der Waals surface area contributed by atoms with Crippen LogP contribution in [0.15, 0.2) is 0 Å². The van der Waals surface area contributed by atoms with Crippen LogP contribution in [0.25, 0.3) is 0 Å². The monoisotopic (exact) mass is 185 g/mol. The molecule has 4 heteroatoms. The van der Waals surface area contributed by atoms with Gasteiger partial charge in [0.15, 0.2) is 5.78 Å². The summed E-state index contributed by atoms with van der Waals surface area (Å²) in [6.07, 6.45) is 1.79. The van der Waals surface area contributed by atoms with Crippen LogP contribution < -0.4 is 5.32 Å². The van der Waals surface area contributed by atoms with Gasteiger partial charge in [0.1, 0.15) is 6.29 Å². The van der Waals surface area contributed by atoms with Crippen LogP contribution in [-0.4, -0.2) is 24.0 Å². The van der Waals surface area contributed by atoms with E-state index in [2.05, 4.69) is 5.32 Å². The van der Waals surface area contributed by atoms with E-state index in [1.807, 2.05) is 0 Å². The Balaban J connectivity index is 4.01. The van der Waals surface area contributed by atoms with Crippen LogP contribution in [0.3, 0.4) is 0 Å². The standard InChI is InChI=1S/C9H15NO3/c1-3-9(13)10-8(7(2)12)5-4-6-11/h6,8H,3-5H2,1-2H3,(H,10,13). The second kappa shape index (κ2) is 6.34. The molecule has 0 spiro atoms. The molecule has 0 rings (SSSR count). The number of hydrogen-bond donors (Lipinski definition) is 1. The first-order chi connectivity index (χ1) is 6.11. The smallest absolute Gasteiger partial charge is 0.220 e. The molecule has 0 aromatic rings. The molecule has 0 radical (unpaired) electrons. The maximum absolute atomic E-state index is 11.0. The quantitative estimate of drug-likeness (QED) is 0.611. The molecular formula is C9H15NO3. The zero-order valence-electron chi connectivity index (χ0n) is 8.00. The van der Waals surface area contributed by atoms with Crippen molar-refractivity contribution >= 4 is 18.0 Å². The Bertz CT molecular complexity index is 201. The summed E-state index contributed by atoms with van der Waals surface area (Å²) in [5.74, 6) is -0.269. The van der Waals surface area contributed by atoms with Crippen LogP contribution >= 0.6 is 0 Å². The highest BCUT2D eigenvalue weighted by Gasteiger charge is 2.14. The summed E-state index contributed by atoms with van der Waals surface area (Å²) in [6.45, 7) is 3.12. The van der Waals surface area contributed by atoms with E-state index in [0.29, 0.717) is 19.3 Å². The predicted octanol–water partition coefficient (Wildman–Crippen LogP) is 0.449. The van der Waals surface area contributed by atoms with Crippen LogP contribution in [-0.2, 0) is 14.4 Å². The number of aldehydes is 1. The van der Waals surface area contributed by atoms with Gasteiger partial charge in [-0.05, 0) is 13.3 Å². The number of amides is 1. The van der Waals surface area contributed by atoms with Crippen molar-refractivity contribution in [2.75, 3.05) is 0 Å². The van der Waals surface area contributed by atoms with Crippen molar-refractivity contribution in [2.45, 2.75) is 39.2 Å². The molecule has 0 aromatic heterocycles. The van der Waals surface area contributed by atoms with Crippen molar-refractivity contribution in [3.8, 4) is 0 Å². The number of carbonyl (C=O) groups is 3. The molecule has 0 aliphatic heterocycles. The summed E-state index contributed by atoms with van der Waals surface area (Å²) in [4.78, 5) is 32.0. The maximum Gasteiger partial charge on any atom is 0.220 e. The third-order valence-electron chi connectivity index (χ3n) is 1.72. The van der Waals surface area contributed by atoms with Gasteiger partial charge < -0.3 is 10.1 Å². The lowest BCUT2D eigenvalue weighted by molar-refractivity contribution is -0.127. The molecule has 4 nitrogen and oxygen atoms in total. The Hall–Kier alpha value is -1.19. The summed E-state index contributed by atoms with van der Waals surface area (Å²) >= 11 is 0. The fraction of sp³-hybridized carbons (Fsp3) is 0.667. The van der Waals surface area contributed by atoms with Crippen LogP contribution in [0.1, 0.15) is 33.1 Å². The predicted molar refractivity (Wildman–Crippen MR) is 48.2 cm³/mol. The molecule has 0 heterocycles. The topological polar surface area (TPSA) is 63.2 Å².